The van der Waals surface area contributed by atoms with E-state index < -0.39 is 0 Å². The number of nitrogens with one attached hydrogen (secondary N) is 1. The van der Waals surface area contributed by atoms with Crippen LogP contribution in [0.1, 0.15) is 63.1 Å². The van der Waals surface area contributed by atoms with E-state index >= 15 is 0 Å². The molecule has 6 rings (SSSR count). The summed E-state index contributed by atoms with van der Waals surface area (Å²) < 4.78 is 3.80. The van der Waals surface area contributed by atoms with Crippen LogP contribution in [-0.2, 0) is 23.4 Å². The van der Waals surface area contributed by atoms with Crippen LogP contribution in [0.5, 0.6) is 0 Å². The zero-order valence-corrected chi connectivity index (χ0v) is 18.2. The Balaban J connectivity index is 1.31. The van der Waals surface area contributed by atoms with Gasteiger partial charge < -0.3 is 5.32 Å². The summed E-state index contributed by atoms with van der Waals surface area (Å²) >= 11 is 0. The molecule has 1 N–H and O–H groups in total. The van der Waals surface area contributed by atoms with Crippen LogP contribution in [0.2, 0.25) is 0 Å². The average molecular weight is 427 g/mol. The van der Waals surface area contributed by atoms with E-state index in [1.165, 1.54) is 12.6 Å². The van der Waals surface area contributed by atoms with E-state index in [4.69, 9.17) is 0 Å². The molecule has 4 aliphatic carbocycles. The number of carbonyl (C=O) groups is 1. The minimum absolute atomic E-state index is 0.0302. The monoisotopic (exact) mass is 426 g/mol. The molecule has 4 saturated carbocycles. The van der Waals surface area contributed by atoms with Gasteiger partial charge in [0.15, 0.2) is 0 Å². The van der Waals surface area contributed by atoms with Gasteiger partial charge in [0, 0.05) is 30.8 Å². The molecule has 0 aliphatic heterocycles. The molecular formula is C22H30N6O3. The molecule has 9 heteroatoms. The molecule has 1 amide bonds. The molecule has 2 atom stereocenters. The Morgan fingerprint density at radius 3 is 2.61 bits per heavy atom. The average Bonchev–Trinajstić information content (AvgIpc) is 3.32. The Morgan fingerprint density at radius 1 is 1.26 bits per heavy atom. The zero-order valence-electron chi connectivity index (χ0n) is 18.2. The second-order valence-corrected chi connectivity index (χ2v) is 10.1. The second-order valence-electron chi connectivity index (χ2n) is 10.1. The van der Waals surface area contributed by atoms with Gasteiger partial charge in [-0.3, -0.25) is 24.3 Å². The third-order valence-corrected chi connectivity index (χ3v) is 7.93. The maximum absolute atomic E-state index is 13.0. The van der Waals surface area contributed by atoms with Gasteiger partial charge >= 0.3 is 5.69 Å². The second kappa shape index (κ2) is 7.17. The summed E-state index contributed by atoms with van der Waals surface area (Å²) in [7, 11) is 0. The van der Waals surface area contributed by atoms with Gasteiger partial charge in [-0.05, 0) is 69.6 Å². The SMILES string of the molecule is CCn1ncc(CNC(=O)CC23CC4CC(C2)CC(n2cc([N+](=O)[O-])cn2)(C4)C3)c1C. The maximum atomic E-state index is 13.0. The molecule has 0 aromatic carbocycles. The van der Waals surface area contributed by atoms with E-state index in [0.717, 1.165) is 49.9 Å². The van der Waals surface area contributed by atoms with Crippen LogP contribution in [0.25, 0.3) is 0 Å². The topological polar surface area (TPSA) is 108 Å². The van der Waals surface area contributed by atoms with Crippen molar-refractivity contribution in [2.75, 3.05) is 0 Å². The summed E-state index contributed by atoms with van der Waals surface area (Å²) in [5, 5.41) is 23.1. The molecule has 4 fully saturated rings. The highest BCUT2D eigenvalue weighted by molar-refractivity contribution is 5.76. The molecule has 4 aliphatic rings. The molecule has 166 valence electrons. The first-order chi connectivity index (χ1) is 14.8. The fourth-order valence-corrected chi connectivity index (χ4v) is 7.12. The van der Waals surface area contributed by atoms with Crippen molar-refractivity contribution in [3.63, 3.8) is 0 Å². The lowest BCUT2D eigenvalue weighted by atomic mass is 9.46. The summed E-state index contributed by atoms with van der Waals surface area (Å²) in [5.41, 5.74) is 1.98. The highest BCUT2D eigenvalue weighted by Crippen LogP contribution is 2.65. The lowest BCUT2D eigenvalue weighted by Gasteiger charge is -2.61. The van der Waals surface area contributed by atoms with E-state index in [2.05, 4.69) is 22.4 Å². The van der Waals surface area contributed by atoms with Gasteiger partial charge in [-0.15, -0.1) is 0 Å². The standard InChI is InChI=1S/C22H30N6O3/c1-3-26-15(2)18(11-24-26)10-23-20(29)9-21-5-16-4-17(6-21)8-22(7-16,14-21)27-13-19(12-25-27)28(30)31/h11-13,16-17H,3-10,14H2,1-2H3,(H,23,29). The Kier molecular flexibility index (Phi) is 4.67. The molecular weight excluding hydrogens is 396 g/mol. The largest absolute Gasteiger partial charge is 0.352 e. The van der Waals surface area contributed by atoms with Crippen molar-refractivity contribution >= 4 is 11.6 Å². The molecule has 4 bridgehead atoms. The molecule has 2 unspecified atom stereocenters. The quantitative estimate of drug-likeness (QED) is 0.540. The van der Waals surface area contributed by atoms with Gasteiger partial charge in [0.05, 0.1) is 16.7 Å². The minimum atomic E-state index is -0.379. The summed E-state index contributed by atoms with van der Waals surface area (Å²) in [5.74, 6) is 1.23. The lowest BCUT2D eigenvalue weighted by Crippen LogP contribution is -2.57. The highest BCUT2D eigenvalue weighted by Gasteiger charge is 2.59. The van der Waals surface area contributed by atoms with Crippen LogP contribution in [0.4, 0.5) is 5.69 Å². The van der Waals surface area contributed by atoms with Crippen LogP contribution in [-0.4, -0.2) is 30.4 Å². The number of carbonyl (C=O) groups excluding carboxylic acids is 1. The van der Waals surface area contributed by atoms with Crippen LogP contribution in [0.15, 0.2) is 18.6 Å². The lowest BCUT2D eigenvalue weighted by molar-refractivity contribution is -0.385. The van der Waals surface area contributed by atoms with Crippen molar-refractivity contribution in [3.05, 3.63) is 40.0 Å². The number of amides is 1. The van der Waals surface area contributed by atoms with Gasteiger partial charge in [-0.25, -0.2) is 0 Å². The van der Waals surface area contributed by atoms with Gasteiger partial charge in [-0.2, -0.15) is 10.2 Å². The summed E-state index contributed by atoms with van der Waals surface area (Å²) in [6, 6.07) is 0. The van der Waals surface area contributed by atoms with Crippen molar-refractivity contribution in [3.8, 4) is 0 Å². The number of rotatable bonds is 7. The normalized spacial score (nSPS) is 31.2. The van der Waals surface area contributed by atoms with Crippen molar-refractivity contribution in [2.24, 2.45) is 17.3 Å². The Hall–Kier alpha value is -2.71. The first kappa shape index (κ1) is 20.2. The van der Waals surface area contributed by atoms with Gasteiger partial charge in [0.2, 0.25) is 5.91 Å². The number of nitro groups is 1. The van der Waals surface area contributed by atoms with E-state index in [-0.39, 0.29) is 27.5 Å². The van der Waals surface area contributed by atoms with Gasteiger partial charge in [0.1, 0.15) is 12.4 Å². The van der Waals surface area contributed by atoms with Crippen molar-refractivity contribution in [1.82, 2.24) is 24.9 Å². The van der Waals surface area contributed by atoms with Crippen LogP contribution >= 0.6 is 0 Å². The molecule has 0 radical (unpaired) electrons. The first-order valence-electron chi connectivity index (χ1n) is 11.3. The third kappa shape index (κ3) is 3.43. The minimum Gasteiger partial charge on any atom is -0.352 e. The molecule has 0 saturated heterocycles. The van der Waals surface area contributed by atoms with Crippen LogP contribution < -0.4 is 5.32 Å². The Labute approximate surface area is 181 Å². The van der Waals surface area contributed by atoms with E-state index in [1.54, 1.807) is 6.20 Å². The number of aryl methyl sites for hydroxylation is 1. The maximum Gasteiger partial charge on any atom is 0.307 e. The Bertz CT molecular complexity index is 1010. The van der Waals surface area contributed by atoms with Crippen molar-refractivity contribution in [1.29, 1.82) is 0 Å². The van der Waals surface area contributed by atoms with E-state index in [9.17, 15) is 14.9 Å². The molecule has 2 heterocycles. The number of nitrogens with zero attached hydrogens (tertiary/aromatic N) is 5. The van der Waals surface area contributed by atoms with Crippen molar-refractivity contribution < 1.29 is 9.72 Å². The molecule has 9 nitrogen and oxygen atoms in total. The van der Waals surface area contributed by atoms with E-state index in [1.807, 2.05) is 22.5 Å². The van der Waals surface area contributed by atoms with Crippen LogP contribution in [0, 0.1) is 34.3 Å². The molecule has 31 heavy (non-hydrogen) atoms. The summed E-state index contributed by atoms with van der Waals surface area (Å²) in [4.78, 5) is 23.8. The van der Waals surface area contributed by atoms with E-state index in [0.29, 0.717) is 24.8 Å². The first-order valence-corrected chi connectivity index (χ1v) is 11.3. The summed E-state index contributed by atoms with van der Waals surface area (Å²) in [6.07, 6.45) is 11.6. The fraction of sp³-hybridized carbons (Fsp3) is 0.682. The number of aromatic nitrogens is 4. The predicted molar refractivity (Wildman–Crippen MR) is 113 cm³/mol. The predicted octanol–water partition coefficient (Wildman–Crippen LogP) is 3.32. The number of hydrogen-bond donors (Lipinski definition) is 1. The van der Waals surface area contributed by atoms with Gasteiger partial charge in [-0.1, -0.05) is 0 Å². The molecule has 2 aromatic heterocycles. The molecule has 2 aromatic rings. The number of hydrogen-bond acceptors (Lipinski definition) is 5. The Morgan fingerprint density at radius 2 is 2.00 bits per heavy atom. The van der Waals surface area contributed by atoms with Crippen molar-refractivity contribution in [2.45, 2.75) is 77.4 Å². The zero-order chi connectivity index (χ0) is 21.8. The smallest absolute Gasteiger partial charge is 0.307 e. The fourth-order valence-electron chi connectivity index (χ4n) is 7.12. The molecule has 0 spiro atoms. The highest BCUT2D eigenvalue weighted by atomic mass is 16.6. The summed E-state index contributed by atoms with van der Waals surface area (Å²) in [6.45, 7) is 5.41. The van der Waals surface area contributed by atoms with Crippen LogP contribution in [0.3, 0.4) is 0 Å². The third-order valence-electron chi connectivity index (χ3n) is 7.93. The van der Waals surface area contributed by atoms with Gasteiger partial charge in [0.25, 0.3) is 0 Å².